The van der Waals surface area contributed by atoms with Gasteiger partial charge in [-0.2, -0.15) is 0 Å². The average molecular weight is 321 g/mol. The Balaban J connectivity index is 1.79. The summed E-state index contributed by atoms with van der Waals surface area (Å²) in [4.78, 5) is 0. The summed E-state index contributed by atoms with van der Waals surface area (Å²) in [5, 5.41) is 23.9. The molecule has 1 aliphatic rings. The summed E-state index contributed by atoms with van der Waals surface area (Å²) in [6, 6.07) is 13.8. The van der Waals surface area contributed by atoms with Gasteiger partial charge in [0.1, 0.15) is 5.75 Å². The van der Waals surface area contributed by atoms with E-state index in [2.05, 4.69) is 10.6 Å². The molecule has 1 aliphatic carbocycles. The zero-order valence-electron chi connectivity index (χ0n) is 13.0. The maximum atomic E-state index is 9.35. The first kappa shape index (κ1) is 15.5. The Hall–Kier alpha value is -3.41. The van der Waals surface area contributed by atoms with E-state index in [0.717, 1.165) is 11.4 Å². The summed E-state index contributed by atoms with van der Waals surface area (Å²) in [5.74, 6) is 0.195. The highest BCUT2D eigenvalue weighted by Crippen LogP contribution is 2.21. The van der Waals surface area contributed by atoms with Crippen LogP contribution in [0.3, 0.4) is 0 Å². The molecule has 2 aromatic carbocycles. The van der Waals surface area contributed by atoms with E-state index in [1.54, 1.807) is 30.3 Å². The molecule has 6 heteroatoms. The number of phenols is 1. The van der Waals surface area contributed by atoms with Crippen molar-refractivity contribution in [3.63, 3.8) is 0 Å². The van der Waals surface area contributed by atoms with Crippen molar-refractivity contribution in [2.24, 2.45) is 5.73 Å². The van der Waals surface area contributed by atoms with Crippen molar-refractivity contribution in [3.8, 4) is 5.75 Å². The highest BCUT2D eigenvalue weighted by atomic mass is 16.3. The summed E-state index contributed by atoms with van der Waals surface area (Å²) in [6.07, 6.45) is 3.48. The van der Waals surface area contributed by atoms with Crippen LogP contribution < -0.4 is 22.1 Å². The maximum Gasteiger partial charge on any atom is 0.115 e. The lowest BCUT2D eigenvalue weighted by molar-refractivity contribution is 0.475. The Labute approximate surface area is 140 Å². The molecule has 2 aromatic rings. The number of nitrogen functional groups attached to an aromatic ring is 1. The van der Waals surface area contributed by atoms with Gasteiger partial charge in [0.25, 0.3) is 0 Å². The minimum absolute atomic E-state index is 0.195. The number of nitrogens with one attached hydrogen (secondary N) is 3. The van der Waals surface area contributed by atoms with Crippen LogP contribution in [0.2, 0.25) is 0 Å². The molecule has 0 radical (unpaired) electrons. The summed E-state index contributed by atoms with van der Waals surface area (Å²) in [7, 11) is 0. The lowest BCUT2D eigenvalue weighted by Crippen LogP contribution is -2.31. The van der Waals surface area contributed by atoms with E-state index in [4.69, 9.17) is 16.9 Å². The SMILES string of the molecule is N=C1C=C(N)C(Nc2ccc(N)cc2)C=C1Nc1ccc(O)cc1. The fraction of sp³-hybridized carbons (Fsp3) is 0.0556. The fourth-order valence-corrected chi connectivity index (χ4v) is 2.38. The van der Waals surface area contributed by atoms with Gasteiger partial charge in [-0.05, 0) is 60.7 Å². The largest absolute Gasteiger partial charge is 0.508 e. The van der Waals surface area contributed by atoms with Crippen LogP contribution in [0.15, 0.2) is 72.1 Å². The van der Waals surface area contributed by atoms with Crippen LogP contribution in [0, 0.1) is 5.41 Å². The second kappa shape index (κ2) is 6.37. The van der Waals surface area contributed by atoms with Gasteiger partial charge in [-0.1, -0.05) is 0 Å². The summed E-state index contributed by atoms with van der Waals surface area (Å²) in [5.41, 5.74) is 15.6. The van der Waals surface area contributed by atoms with Crippen LogP contribution in [0.5, 0.6) is 5.75 Å². The van der Waals surface area contributed by atoms with E-state index < -0.39 is 0 Å². The molecule has 0 fully saturated rings. The molecule has 0 aliphatic heterocycles. The Morgan fingerprint density at radius 3 is 2.21 bits per heavy atom. The Bertz CT molecular complexity index is 806. The van der Waals surface area contributed by atoms with Gasteiger partial charge in [-0.15, -0.1) is 0 Å². The second-order valence-corrected chi connectivity index (χ2v) is 5.55. The van der Waals surface area contributed by atoms with Crippen molar-refractivity contribution in [3.05, 3.63) is 72.1 Å². The number of aromatic hydroxyl groups is 1. The van der Waals surface area contributed by atoms with Crippen molar-refractivity contribution in [2.45, 2.75) is 6.04 Å². The standard InChI is InChI=1S/C18H19N5O/c19-11-1-3-12(4-2-11)22-17-10-18(16(21)9-15(17)20)23-13-5-7-14(24)8-6-13/h1-10,17,21-24H,19-20H2. The van der Waals surface area contributed by atoms with Gasteiger partial charge >= 0.3 is 0 Å². The lowest BCUT2D eigenvalue weighted by Gasteiger charge is -2.24. The number of benzene rings is 2. The monoisotopic (exact) mass is 321 g/mol. The average Bonchev–Trinajstić information content (AvgIpc) is 2.56. The van der Waals surface area contributed by atoms with Crippen LogP contribution in [-0.2, 0) is 0 Å². The van der Waals surface area contributed by atoms with Gasteiger partial charge in [0.15, 0.2) is 0 Å². The first-order chi connectivity index (χ1) is 11.5. The van der Waals surface area contributed by atoms with Crippen molar-refractivity contribution >= 4 is 22.8 Å². The van der Waals surface area contributed by atoms with E-state index in [9.17, 15) is 5.11 Å². The number of anilines is 3. The number of allylic oxidation sites excluding steroid dienone is 1. The smallest absolute Gasteiger partial charge is 0.115 e. The molecule has 0 amide bonds. The number of hydrogen-bond donors (Lipinski definition) is 6. The van der Waals surface area contributed by atoms with Gasteiger partial charge in [-0.3, -0.25) is 5.41 Å². The quantitative estimate of drug-likeness (QED) is 0.382. The fourth-order valence-electron chi connectivity index (χ4n) is 2.38. The highest BCUT2D eigenvalue weighted by molar-refractivity contribution is 6.09. The lowest BCUT2D eigenvalue weighted by atomic mass is 10.0. The van der Waals surface area contributed by atoms with E-state index in [1.165, 1.54) is 0 Å². The molecule has 0 bridgehead atoms. The highest BCUT2D eigenvalue weighted by Gasteiger charge is 2.18. The van der Waals surface area contributed by atoms with Crippen LogP contribution >= 0.6 is 0 Å². The predicted molar refractivity (Wildman–Crippen MR) is 98.1 cm³/mol. The van der Waals surface area contributed by atoms with Crippen molar-refractivity contribution in [1.29, 1.82) is 5.41 Å². The van der Waals surface area contributed by atoms with Crippen LogP contribution in [0.25, 0.3) is 0 Å². The number of rotatable bonds is 4. The zero-order chi connectivity index (χ0) is 17.1. The first-order valence-electron chi connectivity index (χ1n) is 7.47. The van der Waals surface area contributed by atoms with Crippen molar-refractivity contribution in [1.82, 2.24) is 0 Å². The molecule has 0 heterocycles. The molecular weight excluding hydrogens is 302 g/mol. The Morgan fingerprint density at radius 1 is 0.917 bits per heavy atom. The molecule has 24 heavy (non-hydrogen) atoms. The van der Waals surface area contributed by atoms with Crippen molar-refractivity contribution in [2.75, 3.05) is 16.4 Å². The van der Waals surface area contributed by atoms with Gasteiger partial charge in [0.05, 0.1) is 17.5 Å². The van der Waals surface area contributed by atoms with E-state index >= 15 is 0 Å². The molecule has 1 atom stereocenters. The molecule has 6 nitrogen and oxygen atoms in total. The van der Waals surface area contributed by atoms with Gasteiger partial charge in [-0.25, -0.2) is 0 Å². The molecule has 1 unspecified atom stereocenters. The van der Waals surface area contributed by atoms with Crippen LogP contribution in [-0.4, -0.2) is 16.9 Å². The molecule has 3 rings (SSSR count). The Kier molecular flexibility index (Phi) is 4.11. The third-order valence-corrected chi connectivity index (χ3v) is 3.67. The van der Waals surface area contributed by atoms with Crippen molar-refractivity contribution < 1.29 is 5.11 Å². The molecular formula is C18H19N5O. The number of nitrogens with two attached hydrogens (primary N) is 2. The topological polar surface area (TPSA) is 120 Å². The molecule has 0 aromatic heterocycles. The summed E-state index contributed by atoms with van der Waals surface area (Å²) < 4.78 is 0. The van der Waals surface area contributed by atoms with Crippen LogP contribution in [0.4, 0.5) is 17.1 Å². The minimum atomic E-state index is -0.234. The first-order valence-corrected chi connectivity index (χ1v) is 7.47. The molecule has 0 saturated carbocycles. The molecule has 8 N–H and O–H groups in total. The van der Waals surface area contributed by atoms with E-state index in [1.807, 2.05) is 30.3 Å². The van der Waals surface area contributed by atoms with E-state index in [0.29, 0.717) is 22.8 Å². The third-order valence-electron chi connectivity index (χ3n) is 3.67. The van der Waals surface area contributed by atoms with Crippen LogP contribution in [0.1, 0.15) is 0 Å². The molecule has 0 spiro atoms. The number of hydrogen-bond acceptors (Lipinski definition) is 6. The summed E-state index contributed by atoms with van der Waals surface area (Å²) >= 11 is 0. The normalized spacial score (nSPS) is 17.0. The van der Waals surface area contributed by atoms with Gasteiger partial charge in [0, 0.05) is 22.8 Å². The van der Waals surface area contributed by atoms with Gasteiger partial charge in [0.2, 0.25) is 0 Å². The van der Waals surface area contributed by atoms with E-state index in [-0.39, 0.29) is 11.8 Å². The molecule has 122 valence electrons. The van der Waals surface area contributed by atoms with Gasteiger partial charge < -0.3 is 27.2 Å². The summed E-state index contributed by atoms with van der Waals surface area (Å²) in [6.45, 7) is 0. The second-order valence-electron chi connectivity index (χ2n) is 5.55. The number of phenolic OH excluding ortho intramolecular Hbond substituents is 1. The third kappa shape index (κ3) is 3.49. The Morgan fingerprint density at radius 2 is 1.54 bits per heavy atom. The predicted octanol–water partition coefficient (Wildman–Crippen LogP) is 2.63. The zero-order valence-corrected chi connectivity index (χ0v) is 13.0. The molecule has 0 saturated heterocycles. The minimum Gasteiger partial charge on any atom is -0.508 e. The maximum absolute atomic E-state index is 9.35.